The molecule has 0 aliphatic rings. The van der Waals surface area contributed by atoms with Gasteiger partial charge < -0.3 is 9.84 Å². The quantitative estimate of drug-likeness (QED) is 0.807. The molecule has 1 atom stereocenters. The summed E-state index contributed by atoms with van der Waals surface area (Å²) in [6.07, 6.45) is 2.22. The zero-order chi connectivity index (χ0) is 12.0. The number of aliphatic hydroxyl groups is 1. The van der Waals surface area contributed by atoms with E-state index in [9.17, 15) is 4.39 Å². The minimum absolute atomic E-state index is 0.168. The molecule has 3 heteroatoms. The summed E-state index contributed by atoms with van der Waals surface area (Å²) < 4.78 is 18.6. The smallest absolute Gasteiger partial charge is 0.127 e. The maximum absolute atomic E-state index is 13.1. The molecule has 16 heavy (non-hydrogen) atoms. The Balaban J connectivity index is 2.56. The molecule has 1 rings (SSSR count). The van der Waals surface area contributed by atoms with Crippen molar-refractivity contribution in [1.29, 1.82) is 0 Å². The first kappa shape index (κ1) is 13.0. The highest BCUT2D eigenvalue weighted by Crippen LogP contribution is 2.18. The Morgan fingerprint density at radius 3 is 2.75 bits per heavy atom. The van der Waals surface area contributed by atoms with E-state index in [-0.39, 0.29) is 12.4 Å². The largest absolute Gasteiger partial charge is 0.493 e. The van der Waals surface area contributed by atoms with E-state index < -0.39 is 0 Å². The monoisotopic (exact) mass is 226 g/mol. The second-order valence-corrected chi connectivity index (χ2v) is 4.16. The average Bonchev–Trinajstić information content (AvgIpc) is 2.26. The standard InChI is InChI=1S/C13H19FO2/c1-3-4-10(2)9-16-13-6-11(8-15)5-12(14)7-13/h5-7,10,15H,3-4,8-9H2,1-2H3. The average molecular weight is 226 g/mol. The summed E-state index contributed by atoms with van der Waals surface area (Å²) in [6.45, 7) is 4.65. The summed E-state index contributed by atoms with van der Waals surface area (Å²) in [5.74, 6) is 0.586. The van der Waals surface area contributed by atoms with Crippen LogP contribution in [0.15, 0.2) is 18.2 Å². The molecule has 0 aliphatic carbocycles. The molecule has 0 fully saturated rings. The van der Waals surface area contributed by atoms with E-state index in [1.54, 1.807) is 6.07 Å². The first-order chi connectivity index (χ1) is 7.65. The van der Waals surface area contributed by atoms with Crippen molar-refractivity contribution in [2.75, 3.05) is 6.61 Å². The van der Waals surface area contributed by atoms with Gasteiger partial charge in [-0.25, -0.2) is 4.39 Å². The molecule has 0 radical (unpaired) electrons. The molecule has 0 bridgehead atoms. The van der Waals surface area contributed by atoms with Gasteiger partial charge in [-0.2, -0.15) is 0 Å². The van der Waals surface area contributed by atoms with E-state index in [0.29, 0.717) is 23.8 Å². The SMILES string of the molecule is CCCC(C)COc1cc(F)cc(CO)c1. The predicted octanol–water partition coefficient (Wildman–Crippen LogP) is 3.13. The van der Waals surface area contributed by atoms with Gasteiger partial charge in [0, 0.05) is 6.07 Å². The maximum atomic E-state index is 13.1. The Labute approximate surface area is 96.1 Å². The number of benzene rings is 1. The van der Waals surface area contributed by atoms with Crippen molar-refractivity contribution in [3.63, 3.8) is 0 Å². The fourth-order valence-electron chi connectivity index (χ4n) is 1.61. The summed E-state index contributed by atoms with van der Waals surface area (Å²) >= 11 is 0. The van der Waals surface area contributed by atoms with Crippen LogP contribution in [0.1, 0.15) is 32.3 Å². The van der Waals surface area contributed by atoms with Gasteiger partial charge in [-0.05, 0) is 30.0 Å². The van der Waals surface area contributed by atoms with E-state index in [1.807, 2.05) is 0 Å². The molecule has 0 amide bonds. The molecule has 2 nitrogen and oxygen atoms in total. The van der Waals surface area contributed by atoms with E-state index in [4.69, 9.17) is 9.84 Å². The number of hydrogen-bond acceptors (Lipinski definition) is 2. The van der Waals surface area contributed by atoms with Crippen molar-refractivity contribution in [3.8, 4) is 5.75 Å². The van der Waals surface area contributed by atoms with Crippen LogP contribution >= 0.6 is 0 Å². The van der Waals surface area contributed by atoms with Gasteiger partial charge in [0.15, 0.2) is 0 Å². The molecular formula is C13H19FO2. The van der Waals surface area contributed by atoms with Crippen molar-refractivity contribution in [2.24, 2.45) is 5.92 Å². The lowest BCUT2D eigenvalue weighted by atomic mass is 10.1. The van der Waals surface area contributed by atoms with E-state index >= 15 is 0 Å². The molecule has 1 aromatic rings. The molecule has 0 saturated heterocycles. The minimum Gasteiger partial charge on any atom is -0.493 e. The van der Waals surface area contributed by atoms with Gasteiger partial charge in [-0.15, -0.1) is 0 Å². The van der Waals surface area contributed by atoms with E-state index in [0.717, 1.165) is 12.8 Å². The maximum Gasteiger partial charge on any atom is 0.127 e. The van der Waals surface area contributed by atoms with Crippen molar-refractivity contribution >= 4 is 0 Å². The molecule has 0 aliphatic heterocycles. The lowest BCUT2D eigenvalue weighted by Gasteiger charge is -2.12. The fourth-order valence-corrected chi connectivity index (χ4v) is 1.61. The van der Waals surface area contributed by atoms with Crippen LogP contribution < -0.4 is 4.74 Å². The van der Waals surface area contributed by atoms with Gasteiger partial charge in [0.1, 0.15) is 11.6 Å². The van der Waals surface area contributed by atoms with Crippen molar-refractivity contribution in [2.45, 2.75) is 33.3 Å². The summed E-state index contributed by atoms with van der Waals surface area (Å²) in [5.41, 5.74) is 0.540. The third-order valence-electron chi connectivity index (χ3n) is 2.43. The van der Waals surface area contributed by atoms with Crippen LogP contribution in [0.4, 0.5) is 4.39 Å². The summed E-state index contributed by atoms with van der Waals surface area (Å²) in [6, 6.07) is 4.32. The molecule has 0 spiro atoms. The van der Waals surface area contributed by atoms with Crippen LogP contribution in [-0.2, 0) is 6.61 Å². The molecule has 0 heterocycles. The van der Waals surface area contributed by atoms with Crippen molar-refractivity contribution in [1.82, 2.24) is 0 Å². The Hall–Kier alpha value is -1.09. The van der Waals surface area contributed by atoms with Crippen LogP contribution in [0, 0.1) is 11.7 Å². The van der Waals surface area contributed by atoms with Gasteiger partial charge in [0.25, 0.3) is 0 Å². The zero-order valence-corrected chi connectivity index (χ0v) is 9.87. The molecule has 1 aromatic carbocycles. The fraction of sp³-hybridized carbons (Fsp3) is 0.538. The zero-order valence-electron chi connectivity index (χ0n) is 9.87. The normalized spacial score (nSPS) is 12.5. The summed E-state index contributed by atoms with van der Waals surface area (Å²) in [4.78, 5) is 0. The van der Waals surface area contributed by atoms with Crippen LogP contribution in [0.5, 0.6) is 5.75 Å². The van der Waals surface area contributed by atoms with Crippen molar-refractivity contribution < 1.29 is 14.2 Å². The Bertz CT molecular complexity index is 326. The van der Waals surface area contributed by atoms with Crippen LogP contribution in [0.2, 0.25) is 0 Å². The molecule has 0 saturated carbocycles. The third-order valence-corrected chi connectivity index (χ3v) is 2.43. The molecule has 1 unspecified atom stereocenters. The molecule has 0 aromatic heterocycles. The second-order valence-electron chi connectivity index (χ2n) is 4.16. The third kappa shape index (κ3) is 4.19. The predicted molar refractivity (Wildman–Crippen MR) is 61.9 cm³/mol. The summed E-state index contributed by atoms with van der Waals surface area (Å²) in [7, 11) is 0. The van der Waals surface area contributed by atoms with Gasteiger partial charge in [0.2, 0.25) is 0 Å². The first-order valence-corrected chi connectivity index (χ1v) is 5.68. The van der Waals surface area contributed by atoms with Gasteiger partial charge in [-0.1, -0.05) is 20.3 Å². The number of halogens is 1. The first-order valence-electron chi connectivity index (χ1n) is 5.68. The molecule has 90 valence electrons. The Morgan fingerprint density at radius 1 is 1.38 bits per heavy atom. The lowest BCUT2D eigenvalue weighted by molar-refractivity contribution is 0.248. The lowest BCUT2D eigenvalue weighted by Crippen LogP contribution is -2.08. The van der Waals surface area contributed by atoms with Gasteiger partial charge in [-0.3, -0.25) is 0 Å². The Kier molecular flexibility index (Phi) is 5.26. The number of hydrogen-bond donors (Lipinski definition) is 1. The van der Waals surface area contributed by atoms with Crippen molar-refractivity contribution in [3.05, 3.63) is 29.6 Å². The highest BCUT2D eigenvalue weighted by molar-refractivity contribution is 5.29. The van der Waals surface area contributed by atoms with Crippen LogP contribution in [0.3, 0.4) is 0 Å². The number of rotatable bonds is 6. The highest BCUT2D eigenvalue weighted by atomic mass is 19.1. The molecular weight excluding hydrogens is 207 g/mol. The van der Waals surface area contributed by atoms with Gasteiger partial charge >= 0.3 is 0 Å². The Morgan fingerprint density at radius 2 is 2.12 bits per heavy atom. The minimum atomic E-state index is -0.371. The second kappa shape index (κ2) is 6.48. The summed E-state index contributed by atoms with van der Waals surface area (Å²) in [5, 5.41) is 8.93. The van der Waals surface area contributed by atoms with Gasteiger partial charge in [0.05, 0.1) is 13.2 Å². The van der Waals surface area contributed by atoms with E-state index in [2.05, 4.69) is 13.8 Å². The van der Waals surface area contributed by atoms with E-state index in [1.165, 1.54) is 12.1 Å². The topological polar surface area (TPSA) is 29.5 Å². The number of aliphatic hydroxyl groups excluding tert-OH is 1. The molecule has 1 N–H and O–H groups in total. The number of ether oxygens (including phenoxy) is 1. The van der Waals surface area contributed by atoms with Crippen LogP contribution in [0.25, 0.3) is 0 Å². The highest BCUT2D eigenvalue weighted by Gasteiger charge is 2.04. The van der Waals surface area contributed by atoms with Crippen LogP contribution in [-0.4, -0.2) is 11.7 Å².